The van der Waals surface area contributed by atoms with Gasteiger partial charge in [-0.25, -0.2) is 0 Å². The smallest absolute Gasteiger partial charge is 0.139 e. The van der Waals surface area contributed by atoms with Gasteiger partial charge in [0, 0.05) is 24.0 Å². The van der Waals surface area contributed by atoms with Crippen LogP contribution in [0.2, 0.25) is 10.0 Å². The van der Waals surface area contributed by atoms with E-state index in [0.29, 0.717) is 29.0 Å². The lowest BCUT2D eigenvalue weighted by Crippen LogP contribution is -2.49. The summed E-state index contributed by atoms with van der Waals surface area (Å²) in [5.74, 6) is 0.589. The van der Waals surface area contributed by atoms with Crippen molar-refractivity contribution in [2.75, 3.05) is 32.2 Å². The second kappa shape index (κ2) is 9.37. The zero-order chi connectivity index (χ0) is 20.2. The van der Waals surface area contributed by atoms with E-state index in [-0.39, 0.29) is 6.17 Å². The Hall–Kier alpha value is -1.76. The van der Waals surface area contributed by atoms with Crippen molar-refractivity contribution in [3.8, 4) is 16.2 Å². The first-order valence-electron chi connectivity index (χ1n) is 9.38. The Bertz CT molecular complexity index is 948. The summed E-state index contributed by atoms with van der Waals surface area (Å²) in [5.41, 5.74) is 3.29. The Balaban J connectivity index is 1.48. The summed E-state index contributed by atoms with van der Waals surface area (Å²) in [6.07, 6.45) is 0.00380. The van der Waals surface area contributed by atoms with Crippen molar-refractivity contribution in [3.05, 3.63) is 69.5 Å². The number of halogens is 2. The lowest BCUT2D eigenvalue weighted by atomic mass is 10.1. The summed E-state index contributed by atoms with van der Waals surface area (Å²) >= 11 is 14.3. The Morgan fingerprint density at radius 3 is 2.72 bits per heavy atom. The van der Waals surface area contributed by atoms with Crippen LogP contribution in [0.1, 0.15) is 5.56 Å². The molecule has 0 aliphatic carbocycles. The molecule has 1 unspecified atom stereocenters. The van der Waals surface area contributed by atoms with E-state index in [0.717, 1.165) is 18.8 Å². The average molecular weight is 449 g/mol. The van der Waals surface area contributed by atoms with Gasteiger partial charge in [-0.05, 0) is 28.6 Å². The number of hydrogen-bond donors (Lipinski definition) is 1. The highest BCUT2D eigenvalue weighted by atomic mass is 35.5. The zero-order valence-electron chi connectivity index (χ0n) is 16.0. The number of morpholine rings is 1. The van der Waals surface area contributed by atoms with Crippen LogP contribution in [0.4, 0.5) is 5.69 Å². The fourth-order valence-corrected chi connectivity index (χ4v) is 4.64. The molecule has 29 heavy (non-hydrogen) atoms. The van der Waals surface area contributed by atoms with Crippen molar-refractivity contribution in [3.63, 3.8) is 0 Å². The van der Waals surface area contributed by atoms with Crippen molar-refractivity contribution in [2.45, 2.75) is 12.7 Å². The SMILES string of the molecule is COc1cc(NC2COCCN2Cc2ccc(-c3cccs3)cc2)c(Cl)cc1Cl. The first kappa shape index (κ1) is 20.5. The first-order valence-corrected chi connectivity index (χ1v) is 11.0. The minimum absolute atomic E-state index is 0.00380. The molecule has 4 nitrogen and oxygen atoms in total. The summed E-state index contributed by atoms with van der Waals surface area (Å²) in [5, 5.41) is 6.64. The van der Waals surface area contributed by atoms with Crippen LogP contribution in [0.3, 0.4) is 0 Å². The van der Waals surface area contributed by atoms with Gasteiger partial charge in [-0.2, -0.15) is 0 Å². The molecule has 0 spiro atoms. The molecule has 152 valence electrons. The van der Waals surface area contributed by atoms with Crippen LogP contribution in [0.25, 0.3) is 10.4 Å². The maximum atomic E-state index is 6.39. The number of anilines is 1. The van der Waals surface area contributed by atoms with Gasteiger partial charge in [0.15, 0.2) is 0 Å². The maximum Gasteiger partial charge on any atom is 0.139 e. The number of rotatable bonds is 6. The summed E-state index contributed by atoms with van der Waals surface area (Å²) in [7, 11) is 1.59. The molecule has 1 N–H and O–H groups in total. The summed E-state index contributed by atoms with van der Waals surface area (Å²) < 4.78 is 11.0. The molecule has 1 aliphatic heterocycles. The highest BCUT2D eigenvalue weighted by Crippen LogP contribution is 2.35. The highest BCUT2D eigenvalue weighted by Gasteiger charge is 2.24. The maximum absolute atomic E-state index is 6.39. The van der Waals surface area contributed by atoms with Gasteiger partial charge in [-0.1, -0.05) is 53.5 Å². The third-order valence-electron chi connectivity index (χ3n) is 4.95. The Morgan fingerprint density at radius 1 is 1.17 bits per heavy atom. The van der Waals surface area contributed by atoms with Crippen molar-refractivity contribution in [1.82, 2.24) is 4.90 Å². The number of nitrogens with one attached hydrogen (secondary N) is 1. The van der Waals surface area contributed by atoms with Crippen LogP contribution in [-0.2, 0) is 11.3 Å². The number of thiophene rings is 1. The summed E-state index contributed by atoms with van der Waals surface area (Å²) in [6.45, 7) is 2.96. The molecular formula is C22H22Cl2N2O2S. The molecule has 1 aliphatic rings. The predicted octanol–water partition coefficient (Wildman–Crippen LogP) is 6.00. The van der Waals surface area contributed by atoms with Crippen molar-refractivity contribution in [2.24, 2.45) is 0 Å². The second-order valence-electron chi connectivity index (χ2n) is 6.85. The third-order valence-corrected chi connectivity index (χ3v) is 6.48. The van der Waals surface area contributed by atoms with Crippen molar-refractivity contribution in [1.29, 1.82) is 0 Å². The van der Waals surface area contributed by atoms with Crippen LogP contribution < -0.4 is 10.1 Å². The van der Waals surface area contributed by atoms with Crippen LogP contribution in [0.15, 0.2) is 53.9 Å². The van der Waals surface area contributed by atoms with E-state index in [1.807, 2.05) is 6.07 Å². The molecule has 0 saturated carbocycles. The lowest BCUT2D eigenvalue weighted by molar-refractivity contribution is -0.000875. The van der Waals surface area contributed by atoms with Crippen LogP contribution >= 0.6 is 34.5 Å². The van der Waals surface area contributed by atoms with Gasteiger partial charge >= 0.3 is 0 Å². The third kappa shape index (κ3) is 4.87. The molecule has 1 fully saturated rings. The zero-order valence-corrected chi connectivity index (χ0v) is 18.4. The van der Waals surface area contributed by atoms with E-state index in [4.69, 9.17) is 32.7 Å². The molecule has 0 bridgehead atoms. The second-order valence-corrected chi connectivity index (χ2v) is 8.61. The van der Waals surface area contributed by atoms with Gasteiger partial charge in [0.25, 0.3) is 0 Å². The Morgan fingerprint density at radius 2 is 2.00 bits per heavy atom. The Kier molecular flexibility index (Phi) is 6.63. The number of nitrogens with zero attached hydrogens (tertiary/aromatic N) is 1. The summed E-state index contributed by atoms with van der Waals surface area (Å²) in [6, 6.07) is 16.5. The molecule has 2 aromatic carbocycles. The van der Waals surface area contributed by atoms with E-state index >= 15 is 0 Å². The topological polar surface area (TPSA) is 33.7 Å². The highest BCUT2D eigenvalue weighted by molar-refractivity contribution is 7.13. The molecule has 1 aromatic heterocycles. The fourth-order valence-electron chi connectivity index (χ4n) is 3.39. The van der Waals surface area contributed by atoms with Crippen molar-refractivity contribution >= 4 is 40.2 Å². The molecule has 0 radical (unpaired) electrons. The Labute approximate surface area is 185 Å². The number of methoxy groups -OCH3 is 1. The molecule has 1 saturated heterocycles. The average Bonchev–Trinajstić information content (AvgIpc) is 3.27. The minimum atomic E-state index is 0.00380. The predicted molar refractivity (Wildman–Crippen MR) is 121 cm³/mol. The van der Waals surface area contributed by atoms with E-state index in [1.165, 1.54) is 16.0 Å². The largest absolute Gasteiger partial charge is 0.495 e. The monoisotopic (exact) mass is 448 g/mol. The van der Waals surface area contributed by atoms with Crippen LogP contribution in [-0.4, -0.2) is 37.9 Å². The van der Waals surface area contributed by atoms with Crippen molar-refractivity contribution < 1.29 is 9.47 Å². The van der Waals surface area contributed by atoms with Gasteiger partial charge in [0.05, 0.1) is 36.1 Å². The number of benzene rings is 2. The molecule has 0 amide bonds. The molecule has 2 heterocycles. The van der Waals surface area contributed by atoms with Crippen LogP contribution in [0, 0.1) is 0 Å². The molecule has 3 aromatic rings. The van der Waals surface area contributed by atoms with E-state index in [2.05, 4.69) is 52.0 Å². The summed E-state index contributed by atoms with van der Waals surface area (Å²) in [4.78, 5) is 3.65. The van der Waals surface area contributed by atoms with E-state index in [1.54, 1.807) is 24.5 Å². The van der Waals surface area contributed by atoms with Gasteiger partial charge in [0.1, 0.15) is 11.9 Å². The standard InChI is InChI=1S/C22H22Cl2N2O2S/c1-27-20-12-19(17(23)11-18(20)24)25-22-14-28-9-8-26(22)13-15-4-6-16(7-5-15)21-3-2-10-29-21/h2-7,10-12,22,25H,8-9,13-14H2,1H3. The molecule has 4 rings (SSSR count). The van der Waals surface area contributed by atoms with Crippen LogP contribution in [0.5, 0.6) is 5.75 Å². The van der Waals surface area contributed by atoms with E-state index < -0.39 is 0 Å². The van der Waals surface area contributed by atoms with Gasteiger partial charge in [-0.3, -0.25) is 4.90 Å². The van der Waals surface area contributed by atoms with E-state index in [9.17, 15) is 0 Å². The van der Waals surface area contributed by atoms with Gasteiger partial charge in [-0.15, -0.1) is 11.3 Å². The number of ether oxygens (including phenoxy) is 2. The van der Waals surface area contributed by atoms with Gasteiger partial charge < -0.3 is 14.8 Å². The van der Waals surface area contributed by atoms with Gasteiger partial charge in [0.2, 0.25) is 0 Å². The molecule has 7 heteroatoms. The quantitative estimate of drug-likeness (QED) is 0.501. The lowest BCUT2D eigenvalue weighted by Gasteiger charge is -2.36. The first-order chi connectivity index (χ1) is 14.1. The minimum Gasteiger partial charge on any atom is -0.495 e. The molecular weight excluding hydrogens is 427 g/mol. The molecule has 1 atom stereocenters. The fraction of sp³-hybridized carbons (Fsp3) is 0.273. The number of hydrogen-bond acceptors (Lipinski definition) is 5. The normalized spacial score (nSPS) is 17.3.